The number of hydrogen-bond donors (Lipinski definition) is 1. The molecule has 27 heavy (non-hydrogen) atoms. The van der Waals surface area contributed by atoms with Crippen molar-refractivity contribution in [3.8, 4) is 11.1 Å². The van der Waals surface area contributed by atoms with Gasteiger partial charge in [0.25, 0.3) is 0 Å². The number of carbonyl (C=O) groups is 1. The van der Waals surface area contributed by atoms with Crippen LogP contribution in [0.2, 0.25) is 0 Å². The Morgan fingerprint density at radius 3 is 2.93 bits per heavy atom. The molecule has 8 nitrogen and oxygen atoms in total. The van der Waals surface area contributed by atoms with Crippen molar-refractivity contribution in [1.29, 1.82) is 0 Å². The molecule has 0 aliphatic carbocycles. The Bertz CT molecular complexity index is 1180. The van der Waals surface area contributed by atoms with E-state index in [0.717, 1.165) is 39.8 Å². The van der Waals surface area contributed by atoms with Crippen LogP contribution < -0.4 is 0 Å². The lowest BCUT2D eigenvalue weighted by Gasteiger charge is -2.12. The molecule has 4 aromatic heterocycles. The van der Waals surface area contributed by atoms with E-state index in [9.17, 15) is 4.79 Å². The summed E-state index contributed by atoms with van der Waals surface area (Å²) in [5.74, 6) is 0. The summed E-state index contributed by atoms with van der Waals surface area (Å²) in [5, 5.41) is 14.6. The van der Waals surface area contributed by atoms with E-state index in [1.807, 2.05) is 48.7 Å². The maximum atomic E-state index is 11.1. The van der Waals surface area contributed by atoms with Crippen molar-refractivity contribution in [2.75, 3.05) is 13.1 Å². The van der Waals surface area contributed by atoms with E-state index in [0.29, 0.717) is 13.1 Å². The number of amides is 1. The maximum Gasteiger partial charge on any atom is 0.407 e. The minimum Gasteiger partial charge on any atom is -0.465 e. The lowest BCUT2D eigenvalue weighted by molar-refractivity contribution is 0.154. The molecular formula is C19H18N6O2. The number of pyridine rings is 2. The number of carboxylic acid groups (broad SMARTS) is 1. The molecule has 0 aromatic carbocycles. The fraction of sp³-hybridized carbons (Fsp3) is 0.263. The van der Waals surface area contributed by atoms with Gasteiger partial charge in [0, 0.05) is 60.1 Å². The summed E-state index contributed by atoms with van der Waals surface area (Å²) in [7, 11) is 0. The second-order valence-corrected chi connectivity index (χ2v) is 6.95. The third kappa shape index (κ3) is 2.52. The van der Waals surface area contributed by atoms with Gasteiger partial charge in [0.05, 0.1) is 17.8 Å². The number of hydrogen-bond acceptors (Lipinski definition) is 4. The first-order valence-corrected chi connectivity index (χ1v) is 8.85. The first kappa shape index (κ1) is 15.8. The van der Waals surface area contributed by atoms with Crippen LogP contribution >= 0.6 is 0 Å². The van der Waals surface area contributed by atoms with E-state index in [2.05, 4.69) is 25.5 Å². The van der Waals surface area contributed by atoms with Crippen molar-refractivity contribution in [2.45, 2.75) is 19.4 Å². The third-order valence-electron chi connectivity index (χ3n) is 5.27. The Morgan fingerprint density at radius 2 is 2.11 bits per heavy atom. The largest absolute Gasteiger partial charge is 0.465 e. The molecule has 1 amide bonds. The summed E-state index contributed by atoms with van der Waals surface area (Å²) in [6.07, 6.45) is 9.36. The molecule has 1 atom stereocenters. The van der Waals surface area contributed by atoms with Crippen molar-refractivity contribution >= 4 is 22.6 Å². The lowest BCUT2D eigenvalue weighted by Crippen LogP contribution is -2.27. The zero-order valence-corrected chi connectivity index (χ0v) is 14.8. The number of nitrogens with zero attached hydrogens (tertiary/aromatic N) is 6. The van der Waals surface area contributed by atoms with Crippen LogP contribution in [0.15, 0.2) is 43.1 Å². The minimum absolute atomic E-state index is 0.0740. The first-order chi connectivity index (χ1) is 13.1. The summed E-state index contributed by atoms with van der Waals surface area (Å²) >= 11 is 0. The Labute approximate surface area is 154 Å². The first-order valence-electron chi connectivity index (χ1n) is 8.85. The number of aromatic nitrogens is 5. The maximum absolute atomic E-state index is 11.1. The van der Waals surface area contributed by atoms with Crippen LogP contribution in [-0.2, 0) is 0 Å². The van der Waals surface area contributed by atoms with Gasteiger partial charge in [0.1, 0.15) is 5.65 Å². The Morgan fingerprint density at radius 1 is 1.22 bits per heavy atom. The van der Waals surface area contributed by atoms with Gasteiger partial charge in [0.15, 0.2) is 0 Å². The van der Waals surface area contributed by atoms with E-state index >= 15 is 0 Å². The predicted octanol–water partition coefficient (Wildman–Crippen LogP) is 2.98. The molecule has 0 spiro atoms. The zero-order valence-electron chi connectivity index (χ0n) is 14.8. The molecule has 1 aliphatic heterocycles. The van der Waals surface area contributed by atoms with Gasteiger partial charge in [-0.2, -0.15) is 5.10 Å². The second kappa shape index (κ2) is 5.80. The van der Waals surface area contributed by atoms with E-state index in [1.54, 1.807) is 0 Å². The Hall–Kier alpha value is -3.42. The molecule has 8 heteroatoms. The number of aryl methyl sites for hydroxylation is 1. The molecule has 1 saturated heterocycles. The highest BCUT2D eigenvalue weighted by Crippen LogP contribution is 2.27. The van der Waals surface area contributed by atoms with Crippen LogP contribution in [-0.4, -0.2) is 53.3 Å². The molecule has 0 radical (unpaired) electrons. The monoisotopic (exact) mass is 362 g/mol. The van der Waals surface area contributed by atoms with Crippen molar-refractivity contribution in [3.05, 3.63) is 48.8 Å². The van der Waals surface area contributed by atoms with E-state index in [1.165, 1.54) is 4.90 Å². The highest BCUT2D eigenvalue weighted by molar-refractivity contribution is 5.94. The predicted molar refractivity (Wildman–Crippen MR) is 99.7 cm³/mol. The minimum atomic E-state index is -0.873. The molecule has 1 N–H and O–H groups in total. The summed E-state index contributed by atoms with van der Waals surface area (Å²) in [6, 6.07) is 4.15. The summed E-state index contributed by atoms with van der Waals surface area (Å²) in [5.41, 5.74) is 4.80. The van der Waals surface area contributed by atoms with Crippen LogP contribution in [0, 0.1) is 6.92 Å². The van der Waals surface area contributed by atoms with Gasteiger partial charge < -0.3 is 14.4 Å². The SMILES string of the molecule is Cc1cnc2c3cc(-c4cnn([C@H]5CCN(C(=O)O)C5)c4)cnc3ccn12. The van der Waals surface area contributed by atoms with Crippen LogP contribution in [0.1, 0.15) is 18.2 Å². The highest BCUT2D eigenvalue weighted by Gasteiger charge is 2.27. The van der Waals surface area contributed by atoms with Crippen molar-refractivity contribution in [2.24, 2.45) is 0 Å². The summed E-state index contributed by atoms with van der Waals surface area (Å²) in [4.78, 5) is 21.6. The lowest BCUT2D eigenvalue weighted by atomic mass is 10.1. The van der Waals surface area contributed by atoms with Gasteiger partial charge in [0.2, 0.25) is 0 Å². The van der Waals surface area contributed by atoms with Crippen LogP contribution in [0.4, 0.5) is 4.79 Å². The summed E-state index contributed by atoms with van der Waals surface area (Å²) in [6.45, 7) is 3.04. The fourth-order valence-corrected chi connectivity index (χ4v) is 3.74. The molecule has 0 unspecified atom stereocenters. The van der Waals surface area contributed by atoms with Gasteiger partial charge in [-0.3, -0.25) is 9.67 Å². The molecule has 4 aromatic rings. The molecular weight excluding hydrogens is 344 g/mol. The van der Waals surface area contributed by atoms with Crippen molar-refractivity contribution in [3.63, 3.8) is 0 Å². The van der Waals surface area contributed by atoms with Crippen LogP contribution in [0.25, 0.3) is 27.7 Å². The van der Waals surface area contributed by atoms with Gasteiger partial charge in [-0.1, -0.05) is 0 Å². The van der Waals surface area contributed by atoms with E-state index in [-0.39, 0.29) is 6.04 Å². The van der Waals surface area contributed by atoms with Crippen molar-refractivity contribution < 1.29 is 9.90 Å². The standard InChI is InChI=1S/C19H18N6O2/c1-12-7-21-18-16-6-13(8-20-17(16)3-5-24(12)18)14-9-22-25(10-14)15-2-4-23(11-15)19(26)27/h3,5-10,15H,2,4,11H2,1H3,(H,26,27)/t15-/m0/s1. The normalized spacial score (nSPS) is 17.2. The third-order valence-corrected chi connectivity index (χ3v) is 5.27. The smallest absolute Gasteiger partial charge is 0.407 e. The molecule has 0 bridgehead atoms. The van der Waals surface area contributed by atoms with E-state index < -0.39 is 6.09 Å². The Kier molecular flexibility index (Phi) is 3.40. The quantitative estimate of drug-likeness (QED) is 0.592. The Balaban J connectivity index is 1.52. The van der Waals surface area contributed by atoms with Gasteiger partial charge in [-0.25, -0.2) is 9.78 Å². The molecule has 5 heterocycles. The van der Waals surface area contributed by atoms with E-state index in [4.69, 9.17) is 5.11 Å². The van der Waals surface area contributed by atoms with Gasteiger partial charge in [-0.15, -0.1) is 0 Å². The molecule has 0 saturated carbocycles. The number of likely N-dealkylation sites (tertiary alicyclic amines) is 1. The second-order valence-electron chi connectivity index (χ2n) is 6.95. The number of imidazole rings is 1. The number of rotatable bonds is 2. The molecule has 136 valence electrons. The molecule has 1 aliphatic rings. The van der Waals surface area contributed by atoms with Gasteiger partial charge >= 0.3 is 6.09 Å². The fourth-order valence-electron chi connectivity index (χ4n) is 3.74. The average Bonchev–Trinajstić information content (AvgIpc) is 3.40. The molecule has 5 rings (SSSR count). The highest BCUT2D eigenvalue weighted by atomic mass is 16.4. The number of fused-ring (bicyclic) bond motifs is 3. The van der Waals surface area contributed by atoms with Crippen molar-refractivity contribution in [1.82, 2.24) is 29.0 Å². The van der Waals surface area contributed by atoms with Crippen LogP contribution in [0.5, 0.6) is 0 Å². The van der Waals surface area contributed by atoms with Gasteiger partial charge in [-0.05, 0) is 25.5 Å². The molecule has 1 fully saturated rings. The average molecular weight is 362 g/mol. The van der Waals surface area contributed by atoms with Crippen LogP contribution in [0.3, 0.4) is 0 Å². The topological polar surface area (TPSA) is 88.5 Å². The zero-order chi connectivity index (χ0) is 18.5. The summed E-state index contributed by atoms with van der Waals surface area (Å²) < 4.78 is 3.92.